The Hall–Kier alpha value is -1.12. The topological polar surface area (TPSA) is 77.7 Å². The van der Waals surface area contributed by atoms with Crippen LogP contribution in [0.5, 0.6) is 0 Å². The molecule has 20 heavy (non-hydrogen) atoms. The van der Waals surface area contributed by atoms with Crippen molar-refractivity contribution in [2.24, 2.45) is 0 Å². The fraction of sp³-hybridized carbons (Fsp3) is 0.364. The number of sulfone groups is 1. The van der Waals surface area contributed by atoms with Gasteiger partial charge in [0.2, 0.25) is 5.16 Å². The molecule has 1 fully saturated rings. The van der Waals surface area contributed by atoms with Crippen molar-refractivity contribution in [1.29, 1.82) is 0 Å². The highest BCUT2D eigenvalue weighted by Crippen LogP contribution is 2.30. The zero-order chi connectivity index (χ0) is 14.2. The van der Waals surface area contributed by atoms with Crippen LogP contribution in [0, 0.1) is 0 Å². The minimum absolute atomic E-state index is 0.0112. The summed E-state index contributed by atoms with van der Waals surface area (Å²) in [5.41, 5.74) is 0.794. The summed E-state index contributed by atoms with van der Waals surface area (Å²) in [7, 11) is -2.90. The summed E-state index contributed by atoms with van der Waals surface area (Å²) in [6, 6.07) is 7.14. The number of tetrazole rings is 1. The second-order valence-corrected chi connectivity index (χ2v) is 8.43. The molecule has 1 aromatic carbocycles. The van der Waals surface area contributed by atoms with E-state index in [1.54, 1.807) is 16.8 Å². The lowest BCUT2D eigenvalue weighted by Gasteiger charge is -2.07. The van der Waals surface area contributed by atoms with Gasteiger partial charge < -0.3 is 0 Å². The molecular weight excluding hydrogens is 320 g/mol. The molecule has 6 nitrogen and oxygen atoms in total. The molecule has 2 aromatic rings. The molecular formula is C11H11ClN4O2S2. The van der Waals surface area contributed by atoms with E-state index >= 15 is 0 Å². The molecule has 1 aromatic heterocycles. The fourth-order valence-corrected chi connectivity index (χ4v) is 5.57. The third kappa shape index (κ3) is 2.97. The first-order chi connectivity index (χ1) is 9.53. The van der Waals surface area contributed by atoms with Gasteiger partial charge in [0.05, 0.1) is 17.2 Å². The van der Waals surface area contributed by atoms with Gasteiger partial charge in [0.25, 0.3) is 0 Å². The van der Waals surface area contributed by atoms with Gasteiger partial charge in [-0.1, -0.05) is 23.4 Å². The van der Waals surface area contributed by atoms with Crippen molar-refractivity contribution in [2.75, 3.05) is 11.5 Å². The van der Waals surface area contributed by atoms with Gasteiger partial charge in [-0.25, -0.2) is 8.42 Å². The number of aromatic nitrogens is 4. The lowest BCUT2D eigenvalue weighted by molar-refractivity contribution is 0.602. The first-order valence-corrected chi connectivity index (χ1v) is 9.03. The van der Waals surface area contributed by atoms with Gasteiger partial charge in [-0.2, -0.15) is 4.68 Å². The molecule has 0 aliphatic carbocycles. The van der Waals surface area contributed by atoms with E-state index < -0.39 is 9.84 Å². The normalized spacial score (nSPS) is 21.1. The van der Waals surface area contributed by atoms with E-state index in [2.05, 4.69) is 15.5 Å². The Morgan fingerprint density at radius 1 is 1.30 bits per heavy atom. The van der Waals surface area contributed by atoms with Crippen LogP contribution >= 0.6 is 23.4 Å². The minimum Gasteiger partial charge on any atom is -0.229 e. The van der Waals surface area contributed by atoms with Gasteiger partial charge in [-0.05, 0) is 41.1 Å². The number of halogens is 1. The summed E-state index contributed by atoms with van der Waals surface area (Å²) in [6.07, 6.45) is 0.639. The summed E-state index contributed by atoms with van der Waals surface area (Å²) in [4.78, 5) is 0. The Kier molecular flexibility index (Phi) is 3.70. The van der Waals surface area contributed by atoms with E-state index in [9.17, 15) is 8.42 Å². The molecule has 1 aliphatic heterocycles. The molecule has 2 heterocycles. The van der Waals surface area contributed by atoms with Crippen LogP contribution in [0.25, 0.3) is 5.69 Å². The largest absolute Gasteiger partial charge is 0.229 e. The average molecular weight is 331 g/mol. The molecule has 1 aliphatic rings. The van der Waals surface area contributed by atoms with Gasteiger partial charge in [0.15, 0.2) is 9.84 Å². The van der Waals surface area contributed by atoms with E-state index in [-0.39, 0.29) is 16.8 Å². The summed E-state index contributed by atoms with van der Waals surface area (Å²) < 4.78 is 24.5. The average Bonchev–Trinajstić information content (AvgIpc) is 2.98. The highest BCUT2D eigenvalue weighted by atomic mass is 35.5. The fourth-order valence-electron chi connectivity index (χ4n) is 2.00. The van der Waals surface area contributed by atoms with Crippen molar-refractivity contribution >= 4 is 33.2 Å². The summed E-state index contributed by atoms with van der Waals surface area (Å²) in [5, 5.41) is 12.8. The molecule has 1 unspecified atom stereocenters. The van der Waals surface area contributed by atoms with Crippen molar-refractivity contribution in [3.8, 4) is 5.69 Å². The minimum atomic E-state index is -2.90. The van der Waals surface area contributed by atoms with E-state index in [0.29, 0.717) is 16.6 Å². The van der Waals surface area contributed by atoms with E-state index in [1.807, 2.05) is 12.1 Å². The Morgan fingerprint density at radius 2 is 2.05 bits per heavy atom. The second-order valence-electron chi connectivity index (χ2n) is 4.49. The molecule has 9 heteroatoms. The SMILES string of the molecule is O=S1(=O)CCC(Sc2nnnn2-c2ccc(Cl)cc2)C1. The van der Waals surface area contributed by atoms with Crippen LogP contribution in [0.3, 0.4) is 0 Å². The number of thioether (sulfide) groups is 1. The third-order valence-corrected chi connectivity index (χ3v) is 6.41. The quantitative estimate of drug-likeness (QED) is 0.850. The Morgan fingerprint density at radius 3 is 2.70 bits per heavy atom. The number of hydrogen-bond acceptors (Lipinski definition) is 6. The van der Waals surface area contributed by atoms with Crippen molar-refractivity contribution in [2.45, 2.75) is 16.8 Å². The first-order valence-electron chi connectivity index (χ1n) is 5.95. The van der Waals surface area contributed by atoms with Crippen molar-refractivity contribution in [3.63, 3.8) is 0 Å². The maximum Gasteiger partial charge on any atom is 0.214 e. The molecule has 1 saturated heterocycles. The molecule has 0 radical (unpaired) electrons. The predicted molar refractivity (Wildman–Crippen MR) is 77.1 cm³/mol. The third-order valence-electron chi connectivity index (χ3n) is 2.97. The Bertz CT molecular complexity index is 714. The van der Waals surface area contributed by atoms with Gasteiger partial charge in [-0.3, -0.25) is 0 Å². The van der Waals surface area contributed by atoms with Gasteiger partial charge in [0.1, 0.15) is 0 Å². The van der Waals surface area contributed by atoms with E-state index in [1.165, 1.54) is 11.8 Å². The lowest BCUT2D eigenvalue weighted by atomic mass is 10.3. The van der Waals surface area contributed by atoms with Crippen LogP contribution in [0.4, 0.5) is 0 Å². The molecule has 0 saturated carbocycles. The lowest BCUT2D eigenvalue weighted by Crippen LogP contribution is -2.08. The molecule has 106 valence electrons. The number of benzene rings is 1. The Labute approximate surface area is 125 Å². The van der Waals surface area contributed by atoms with Crippen LogP contribution in [0.2, 0.25) is 5.02 Å². The first kappa shape index (κ1) is 13.8. The summed E-state index contributed by atoms with van der Waals surface area (Å²) >= 11 is 7.25. The predicted octanol–water partition coefficient (Wildman–Crippen LogP) is 1.59. The van der Waals surface area contributed by atoms with E-state index in [0.717, 1.165) is 5.69 Å². The standard InChI is InChI=1S/C11H11ClN4O2S2/c12-8-1-3-9(4-2-8)16-11(13-14-15-16)19-10-5-6-20(17,18)7-10/h1-4,10H,5-7H2. The maximum absolute atomic E-state index is 11.5. The van der Waals surface area contributed by atoms with Crippen molar-refractivity contribution in [3.05, 3.63) is 29.3 Å². The van der Waals surface area contributed by atoms with Gasteiger partial charge in [0, 0.05) is 10.3 Å². The zero-order valence-electron chi connectivity index (χ0n) is 10.3. The van der Waals surface area contributed by atoms with Crippen LogP contribution in [-0.4, -0.2) is 45.4 Å². The number of hydrogen-bond donors (Lipinski definition) is 0. The van der Waals surface area contributed by atoms with Crippen LogP contribution in [0.15, 0.2) is 29.4 Å². The number of nitrogens with zero attached hydrogens (tertiary/aromatic N) is 4. The second kappa shape index (κ2) is 5.34. The molecule has 0 N–H and O–H groups in total. The summed E-state index contributed by atoms with van der Waals surface area (Å²) in [5.74, 6) is 0.429. The van der Waals surface area contributed by atoms with Crippen LogP contribution in [-0.2, 0) is 9.84 Å². The smallest absolute Gasteiger partial charge is 0.214 e. The molecule has 3 rings (SSSR count). The van der Waals surface area contributed by atoms with E-state index in [4.69, 9.17) is 11.6 Å². The van der Waals surface area contributed by atoms with Crippen molar-refractivity contribution < 1.29 is 8.42 Å². The Balaban J connectivity index is 1.82. The molecule has 0 bridgehead atoms. The number of rotatable bonds is 3. The van der Waals surface area contributed by atoms with Gasteiger partial charge in [-0.15, -0.1) is 5.10 Å². The monoisotopic (exact) mass is 330 g/mol. The molecule has 0 amide bonds. The molecule has 1 atom stereocenters. The molecule has 0 spiro atoms. The zero-order valence-corrected chi connectivity index (χ0v) is 12.7. The summed E-state index contributed by atoms with van der Waals surface area (Å²) in [6.45, 7) is 0. The van der Waals surface area contributed by atoms with Crippen LogP contribution in [0.1, 0.15) is 6.42 Å². The highest BCUT2D eigenvalue weighted by molar-refractivity contribution is 8.01. The van der Waals surface area contributed by atoms with Crippen molar-refractivity contribution in [1.82, 2.24) is 20.2 Å². The highest BCUT2D eigenvalue weighted by Gasteiger charge is 2.30. The maximum atomic E-state index is 11.5. The van der Waals surface area contributed by atoms with Gasteiger partial charge >= 0.3 is 0 Å². The van der Waals surface area contributed by atoms with Crippen LogP contribution < -0.4 is 0 Å².